The number of benzene rings is 2. The lowest BCUT2D eigenvalue weighted by Gasteiger charge is -2.17. The average molecular weight is 299 g/mol. The monoisotopic (exact) mass is 299 g/mol. The summed E-state index contributed by atoms with van der Waals surface area (Å²) in [6, 6.07) is 17.4. The van der Waals surface area contributed by atoms with Crippen LogP contribution in [0.1, 0.15) is 24.1 Å². The highest BCUT2D eigenvalue weighted by molar-refractivity contribution is 8.00. The number of nitrogens with one attached hydrogen (secondary N) is 1. The third-order valence-electron chi connectivity index (χ3n) is 3.98. The third kappa shape index (κ3) is 3.42. The highest BCUT2D eigenvalue weighted by atomic mass is 32.2. The van der Waals surface area contributed by atoms with E-state index in [0.29, 0.717) is 11.3 Å². The summed E-state index contributed by atoms with van der Waals surface area (Å²) in [6.45, 7) is 3.25. The number of methoxy groups -OCH3 is 1. The molecule has 0 fully saturated rings. The van der Waals surface area contributed by atoms with Crippen LogP contribution in [-0.4, -0.2) is 18.9 Å². The predicted octanol–water partition coefficient (Wildman–Crippen LogP) is 4.06. The number of fused-ring (bicyclic) bond motifs is 1. The van der Waals surface area contributed by atoms with Gasteiger partial charge in [-0.15, -0.1) is 11.8 Å². The lowest BCUT2D eigenvalue weighted by molar-refractivity contribution is 0.414. The third-order valence-corrected chi connectivity index (χ3v) is 5.30. The molecule has 0 radical (unpaired) electrons. The fraction of sp³-hybridized carbons (Fsp3) is 0.333. The highest BCUT2D eigenvalue weighted by Gasteiger charge is 2.21. The molecule has 0 aliphatic carbocycles. The zero-order valence-electron chi connectivity index (χ0n) is 12.5. The summed E-state index contributed by atoms with van der Waals surface area (Å²) in [5.41, 5.74) is 2.79. The van der Waals surface area contributed by atoms with Crippen LogP contribution >= 0.6 is 11.8 Å². The molecule has 0 amide bonds. The molecule has 21 heavy (non-hydrogen) atoms. The van der Waals surface area contributed by atoms with E-state index in [1.54, 1.807) is 7.11 Å². The van der Waals surface area contributed by atoms with Gasteiger partial charge < -0.3 is 10.1 Å². The Morgan fingerprint density at radius 3 is 2.67 bits per heavy atom. The topological polar surface area (TPSA) is 21.3 Å². The zero-order valence-corrected chi connectivity index (χ0v) is 13.3. The molecular formula is C18H21NOS. The van der Waals surface area contributed by atoms with Gasteiger partial charge in [-0.3, -0.25) is 0 Å². The van der Waals surface area contributed by atoms with Gasteiger partial charge in [0, 0.05) is 22.7 Å². The Morgan fingerprint density at radius 1 is 1.19 bits per heavy atom. The Bertz CT molecular complexity index is 571. The first-order valence-electron chi connectivity index (χ1n) is 7.38. The fourth-order valence-electron chi connectivity index (χ4n) is 2.69. The zero-order chi connectivity index (χ0) is 14.7. The van der Waals surface area contributed by atoms with Crippen molar-refractivity contribution in [3.63, 3.8) is 0 Å². The number of ether oxygens (including phenoxy) is 1. The van der Waals surface area contributed by atoms with Crippen LogP contribution in [0.2, 0.25) is 0 Å². The Kier molecular flexibility index (Phi) is 4.51. The van der Waals surface area contributed by atoms with Crippen LogP contribution in [0.3, 0.4) is 0 Å². The molecule has 1 aliphatic rings. The van der Waals surface area contributed by atoms with Crippen molar-refractivity contribution in [1.29, 1.82) is 0 Å². The summed E-state index contributed by atoms with van der Waals surface area (Å²) in [5, 5.41) is 4.29. The minimum atomic E-state index is 0.361. The van der Waals surface area contributed by atoms with Gasteiger partial charge >= 0.3 is 0 Å². The number of rotatable bonds is 5. The number of hydrogen-bond acceptors (Lipinski definition) is 3. The van der Waals surface area contributed by atoms with Gasteiger partial charge in [-0.25, -0.2) is 0 Å². The predicted molar refractivity (Wildman–Crippen MR) is 89.2 cm³/mol. The average Bonchev–Trinajstić information content (AvgIpc) is 2.95. The van der Waals surface area contributed by atoms with E-state index in [1.807, 2.05) is 23.9 Å². The second kappa shape index (κ2) is 6.54. The van der Waals surface area contributed by atoms with E-state index < -0.39 is 0 Å². The summed E-state index contributed by atoms with van der Waals surface area (Å²) in [4.78, 5) is 1.45. The minimum Gasteiger partial charge on any atom is -0.497 e. The Labute approximate surface area is 130 Å². The van der Waals surface area contributed by atoms with Gasteiger partial charge in [0.1, 0.15) is 5.75 Å². The first kappa shape index (κ1) is 14.5. The summed E-state index contributed by atoms with van der Waals surface area (Å²) >= 11 is 2.00. The minimum absolute atomic E-state index is 0.361. The molecule has 0 spiro atoms. The van der Waals surface area contributed by atoms with Crippen molar-refractivity contribution in [2.45, 2.75) is 29.5 Å². The van der Waals surface area contributed by atoms with Gasteiger partial charge in [0.2, 0.25) is 0 Å². The van der Waals surface area contributed by atoms with Crippen molar-refractivity contribution in [3.8, 4) is 5.75 Å². The quantitative estimate of drug-likeness (QED) is 0.899. The van der Waals surface area contributed by atoms with Crippen LogP contribution in [-0.2, 0) is 6.42 Å². The van der Waals surface area contributed by atoms with E-state index in [0.717, 1.165) is 12.3 Å². The van der Waals surface area contributed by atoms with Crippen LogP contribution in [0.4, 0.5) is 0 Å². The largest absolute Gasteiger partial charge is 0.497 e. The highest BCUT2D eigenvalue weighted by Crippen LogP contribution is 2.36. The lowest BCUT2D eigenvalue weighted by Crippen LogP contribution is -2.27. The van der Waals surface area contributed by atoms with Crippen molar-refractivity contribution in [2.75, 3.05) is 13.7 Å². The lowest BCUT2D eigenvalue weighted by atomic mass is 10.1. The molecule has 2 aromatic rings. The first-order valence-corrected chi connectivity index (χ1v) is 8.26. The summed E-state index contributed by atoms with van der Waals surface area (Å²) in [5.74, 6) is 0.910. The normalized spacial score (nSPS) is 18.3. The summed E-state index contributed by atoms with van der Waals surface area (Å²) < 4.78 is 5.20. The number of hydrogen-bond donors (Lipinski definition) is 1. The molecule has 1 unspecified atom stereocenters. The van der Waals surface area contributed by atoms with Gasteiger partial charge in [0.15, 0.2) is 0 Å². The van der Waals surface area contributed by atoms with Gasteiger partial charge in [-0.1, -0.05) is 30.3 Å². The van der Waals surface area contributed by atoms with Crippen LogP contribution < -0.4 is 10.1 Å². The Morgan fingerprint density at radius 2 is 1.95 bits per heavy atom. The van der Waals surface area contributed by atoms with Crippen LogP contribution in [0.15, 0.2) is 53.4 Å². The summed E-state index contributed by atoms with van der Waals surface area (Å²) in [6.07, 6.45) is 1.17. The van der Waals surface area contributed by atoms with Gasteiger partial charge in [-0.05, 0) is 42.7 Å². The van der Waals surface area contributed by atoms with Crippen molar-refractivity contribution in [1.82, 2.24) is 5.32 Å². The molecule has 2 atom stereocenters. The van der Waals surface area contributed by atoms with E-state index in [1.165, 1.54) is 22.4 Å². The van der Waals surface area contributed by atoms with Gasteiger partial charge in [-0.2, -0.15) is 0 Å². The van der Waals surface area contributed by atoms with Crippen molar-refractivity contribution < 1.29 is 4.74 Å². The number of thioether (sulfide) groups is 1. The van der Waals surface area contributed by atoms with Crippen molar-refractivity contribution in [3.05, 3.63) is 59.7 Å². The first-order chi connectivity index (χ1) is 10.3. The summed E-state index contributed by atoms with van der Waals surface area (Å²) in [7, 11) is 1.70. The molecule has 0 saturated carbocycles. The standard InChI is InChI=1S/C18H21NOS/c1-13(14-7-9-16(20-2)10-8-14)19-12-17-11-15-5-3-4-6-18(15)21-17/h3-10,13,17,19H,11-12H2,1-2H3/t13-,17?/m0/s1. The molecule has 1 N–H and O–H groups in total. The van der Waals surface area contributed by atoms with Crippen LogP contribution in [0, 0.1) is 0 Å². The van der Waals surface area contributed by atoms with Crippen LogP contribution in [0.25, 0.3) is 0 Å². The molecular weight excluding hydrogens is 278 g/mol. The Hall–Kier alpha value is -1.45. The SMILES string of the molecule is COc1ccc([C@H](C)NCC2Cc3ccccc3S2)cc1. The molecule has 110 valence electrons. The van der Waals surface area contributed by atoms with Crippen molar-refractivity contribution >= 4 is 11.8 Å². The van der Waals surface area contributed by atoms with Crippen LogP contribution in [0.5, 0.6) is 5.75 Å². The van der Waals surface area contributed by atoms with E-state index in [4.69, 9.17) is 4.74 Å². The van der Waals surface area contributed by atoms with E-state index in [9.17, 15) is 0 Å². The Balaban J connectivity index is 1.53. The molecule has 2 aromatic carbocycles. The maximum atomic E-state index is 5.20. The smallest absolute Gasteiger partial charge is 0.118 e. The molecule has 3 rings (SSSR count). The second-order valence-electron chi connectivity index (χ2n) is 5.45. The maximum Gasteiger partial charge on any atom is 0.118 e. The molecule has 1 aliphatic heterocycles. The van der Waals surface area contributed by atoms with Gasteiger partial charge in [0.25, 0.3) is 0 Å². The fourth-order valence-corrected chi connectivity index (χ4v) is 3.95. The molecule has 1 heterocycles. The molecule has 2 nitrogen and oxygen atoms in total. The maximum absolute atomic E-state index is 5.20. The van der Waals surface area contributed by atoms with E-state index in [2.05, 4.69) is 48.6 Å². The molecule has 3 heteroatoms. The van der Waals surface area contributed by atoms with Crippen molar-refractivity contribution in [2.24, 2.45) is 0 Å². The molecule has 0 saturated heterocycles. The molecule has 0 aromatic heterocycles. The van der Waals surface area contributed by atoms with E-state index in [-0.39, 0.29) is 0 Å². The second-order valence-corrected chi connectivity index (χ2v) is 6.80. The van der Waals surface area contributed by atoms with Gasteiger partial charge in [0.05, 0.1) is 7.11 Å². The molecule has 0 bridgehead atoms. The van der Waals surface area contributed by atoms with E-state index >= 15 is 0 Å².